The molecule has 0 atom stereocenters. The fourth-order valence-corrected chi connectivity index (χ4v) is 2.99. The first-order valence-electron chi connectivity index (χ1n) is 7.70. The molecule has 1 aromatic heterocycles. The van der Waals surface area contributed by atoms with E-state index in [1.807, 2.05) is 24.0 Å². The summed E-state index contributed by atoms with van der Waals surface area (Å²) in [6.45, 7) is 5.03. The van der Waals surface area contributed by atoms with E-state index in [0.717, 1.165) is 25.6 Å². The third-order valence-corrected chi connectivity index (χ3v) is 4.46. The molecule has 0 aliphatic heterocycles. The van der Waals surface area contributed by atoms with Gasteiger partial charge in [-0.2, -0.15) is 5.10 Å². The minimum absolute atomic E-state index is 0.486. The molecule has 1 aromatic rings. The second-order valence-electron chi connectivity index (χ2n) is 5.68. The largest absolute Gasteiger partial charge is 0.356 e. The molecule has 1 aliphatic carbocycles. The maximum Gasteiger partial charge on any atom is 0.191 e. The molecule has 5 nitrogen and oxygen atoms in total. The van der Waals surface area contributed by atoms with E-state index < -0.39 is 0 Å². The van der Waals surface area contributed by atoms with Crippen LogP contribution in [0.1, 0.15) is 39.0 Å². The standard InChI is InChI=1S/C15H27N5/c1-3-15(7-4-5-8-15)13-18-14(16-2)17-10-12-20-11-6-9-19-20/h6,9,11H,3-5,7-8,10,12-13H2,1-2H3,(H2,16,17,18). The van der Waals surface area contributed by atoms with Gasteiger partial charge in [-0.1, -0.05) is 19.8 Å². The lowest BCUT2D eigenvalue weighted by Crippen LogP contribution is -2.43. The minimum Gasteiger partial charge on any atom is -0.356 e. The van der Waals surface area contributed by atoms with Crippen LogP contribution in [0, 0.1) is 5.41 Å². The zero-order valence-corrected chi connectivity index (χ0v) is 12.7. The SMILES string of the molecule is CCC1(CNC(=NC)NCCn2cccn2)CCCC1. The maximum atomic E-state index is 4.30. The zero-order chi connectivity index (χ0) is 14.3. The second kappa shape index (κ2) is 7.31. The Morgan fingerprint density at radius 1 is 1.35 bits per heavy atom. The molecule has 0 bridgehead atoms. The number of nitrogens with zero attached hydrogens (tertiary/aromatic N) is 3. The molecule has 5 heteroatoms. The van der Waals surface area contributed by atoms with Crippen molar-refractivity contribution < 1.29 is 0 Å². The summed E-state index contributed by atoms with van der Waals surface area (Å²) < 4.78 is 1.92. The van der Waals surface area contributed by atoms with E-state index in [1.165, 1.54) is 32.1 Å². The first-order chi connectivity index (χ1) is 9.78. The van der Waals surface area contributed by atoms with Crippen molar-refractivity contribution in [1.29, 1.82) is 0 Å². The van der Waals surface area contributed by atoms with Crippen LogP contribution >= 0.6 is 0 Å². The van der Waals surface area contributed by atoms with E-state index in [4.69, 9.17) is 0 Å². The molecule has 0 unspecified atom stereocenters. The monoisotopic (exact) mass is 277 g/mol. The van der Waals surface area contributed by atoms with Gasteiger partial charge in [0, 0.05) is 32.5 Å². The van der Waals surface area contributed by atoms with Gasteiger partial charge in [0.05, 0.1) is 6.54 Å². The molecular weight excluding hydrogens is 250 g/mol. The van der Waals surface area contributed by atoms with E-state index in [9.17, 15) is 0 Å². The molecule has 0 aromatic carbocycles. The number of hydrogen-bond donors (Lipinski definition) is 2. The van der Waals surface area contributed by atoms with Crippen LogP contribution in [0.15, 0.2) is 23.5 Å². The van der Waals surface area contributed by atoms with Gasteiger partial charge in [0.25, 0.3) is 0 Å². The summed E-state index contributed by atoms with van der Waals surface area (Å²) in [5, 5.41) is 11.0. The number of rotatable bonds is 6. The smallest absolute Gasteiger partial charge is 0.191 e. The van der Waals surface area contributed by atoms with Crippen LogP contribution in [0.5, 0.6) is 0 Å². The van der Waals surface area contributed by atoms with Gasteiger partial charge >= 0.3 is 0 Å². The number of hydrogen-bond acceptors (Lipinski definition) is 2. The van der Waals surface area contributed by atoms with Crippen molar-refractivity contribution >= 4 is 5.96 Å². The second-order valence-corrected chi connectivity index (χ2v) is 5.68. The highest BCUT2D eigenvalue weighted by molar-refractivity contribution is 5.79. The average Bonchev–Trinajstić information content (AvgIpc) is 3.14. The molecule has 20 heavy (non-hydrogen) atoms. The van der Waals surface area contributed by atoms with E-state index >= 15 is 0 Å². The van der Waals surface area contributed by atoms with Gasteiger partial charge < -0.3 is 10.6 Å². The van der Waals surface area contributed by atoms with E-state index in [2.05, 4.69) is 27.6 Å². The summed E-state index contributed by atoms with van der Waals surface area (Å²) in [6, 6.07) is 1.94. The molecule has 1 heterocycles. The van der Waals surface area contributed by atoms with E-state index in [1.54, 1.807) is 6.20 Å². The Balaban J connectivity index is 1.72. The average molecular weight is 277 g/mol. The van der Waals surface area contributed by atoms with Crippen molar-refractivity contribution in [1.82, 2.24) is 20.4 Å². The zero-order valence-electron chi connectivity index (χ0n) is 12.7. The van der Waals surface area contributed by atoms with Gasteiger partial charge in [-0.05, 0) is 30.7 Å². The first-order valence-corrected chi connectivity index (χ1v) is 7.70. The number of aliphatic imine (C=N–C) groups is 1. The topological polar surface area (TPSA) is 54.2 Å². The number of aromatic nitrogens is 2. The summed E-state index contributed by atoms with van der Waals surface area (Å²) in [5.41, 5.74) is 0.486. The molecule has 1 aliphatic rings. The molecule has 0 radical (unpaired) electrons. The lowest BCUT2D eigenvalue weighted by atomic mass is 9.83. The van der Waals surface area contributed by atoms with Crippen molar-refractivity contribution in [3.05, 3.63) is 18.5 Å². The molecule has 0 spiro atoms. The van der Waals surface area contributed by atoms with E-state index in [0.29, 0.717) is 5.41 Å². The minimum atomic E-state index is 0.486. The van der Waals surface area contributed by atoms with E-state index in [-0.39, 0.29) is 0 Å². The summed E-state index contributed by atoms with van der Waals surface area (Å²) >= 11 is 0. The maximum absolute atomic E-state index is 4.30. The third-order valence-electron chi connectivity index (χ3n) is 4.46. The molecule has 0 amide bonds. The summed E-state index contributed by atoms with van der Waals surface area (Å²) in [7, 11) is 1.83. The van der Waals surface area contributed by atoms with Gasteiger partial charge in [-0.15, -0.1) is 0 Å². The number of nitrogens with one attached hydrogen (secondary N) is 2. The summed E-state index contributed by atoms with van der Waals surface area (Å²) in [5.74, 6) is 0.900. The van der Waals surface area contributed by atoms with Gasteiger partial charge in [0.2, 0.25) is 0 Å². The molecule has 112 valence electrons. The highest BCUT2D eigenvalue weighted by Crippen LogP contribution is 2.40. The lowest BCUT2D eigenvalue weighted by molar-refractivity contribution is 0.283. The first kappa shape index (κ1) is 14.9. The fraction of sp³-hybridized carbons (Fsp3) is 0.733. The molecule has 1 fully saturated rings. The van der Waals surface area contributed by atoms with Crippen LogP contribution in [0.3, 0.4) is 0 Å². The van der Waals surface area contributed by atoms with Gasteiger partial charge in [0.15, 0.2) is 5.96 Å². The van der Waals surface area contributed by atoms with Crippen molar-refractivity contribution in [2.24, 2.45) is 10.4 Å². The van der Waals surface area contributed by atoms with Gasteiger partial charge in [0.1, 0.15) is 0 Å². The normalized spacial score (nSPS) is 18.2. The fourth-order valence-electron chi connectivity index (χ4n) is 2.99. The Hall–Kier alpha value is -1.52. The quantitative estimate of drug-likeness (QED) is 0.618. The van der Waals surface area contributed by atoms with Crippen LogP contribution in [0.25, 0.3) is 0 Å². The van der Waals surface area contributed by atoms with Crippen molar-refractivity contribution in [3.63, 3.8) is 0 Å². The van der Waals surface area contributed by atoms with Crippen molar-refractivity contribution in [2.45, 2.75) is 45.6 Å². The highest BCUT2D eigenvalue weighted by atomic mass is 15.3. The Labute approximate surface area is 121 Å². The Kier molecular flexibility index (Phi) is 5.44. The molecular formula is C15H27N5. The number of guanidine groups is 1. The Morgan fingerprint density at radius 3 is 2.75 bits per heavy atom. The predicted octanol–water partition coefficient (Wildman–Crippen LogP) is 2.02. The van der Waals surface area contributed by atoms with Crippen LogP contribution in [0.2, 0.25) is 0 Å². The Bertz CT molecular complexity index is 404. The Morgan fingerprint density at radius 2 is 2.15 bits per heavy atom. The molecule has 0 saturated heterocycles. The van der Waals surface area contributed by atoms with Crippen LogP contribution in [0.4, 0.5) is 0 Å². The predicted molar refractivity (Wildman–Crippen MR) is 82.8 cm³/mol. The highest BCUT2D eigenvalue weighted by Gasteiger charge is 2.31. The molecule has 1 saturated carbocycles. The third kappa shape index (κ3) is 3.99. The molecule has 2 rings (SSSR count). The molecule has 2 N–H and O–H groups in total. The summed E-state index contributed by atoms with van der Waals surface area (Å²) in [4.78, 5) is 4.30. The van der Waals surface area contributed by atoms with Crippen molar-refractivity contribution in [2.75, 3.05) is 20.1 Å². The summed E-state index contributed by atoms with van der Waals surface area (Å²) in [6.07, 6.45) is 10.5. The lowest BCUT2D eigenvalue weighted by Gasteiger charge is -2.28. The van der Waals surface area contributed by atoms with Crippen LogP contribution < -0.4 is 10.6 Å². The van der Waals surface area contributed by atoms with Crippen LogP contribution in [-0.4, -0.2) is 35.9 Å². The van der Waals surface area contributed by atoms with Gasteiger partial charge in [-0.25, -0.2) is 0 Å². The van der Waals surface area contributed by atoms with Crippen molar-refractivity contribution in [3.8, 4) is 0 Å². The van der Waals surface area contributed by atoms with Crippen LogP contribution in [-0.2, 0) is 6.54 Å². The van der Waals surface area contributed by atoms with Gasteiger partial charge in [-0.3, -0.25) is 9.67 Å².